The summed E-state index contributed by atoms with van der Waals surface area (Å²) < 4.78 is 5.94. The third kappa shape index (κ3) is 3.88. The Balaban J connectivity index is 1.83. The van der Waals surface area contributed by atoms with E-state index in [-0.39, 0.29) is 11.3 Å². The fourth-order valence-electron chi connectivity index (χ4n) is 3.03. The summed E-state index contributed by atoms with van der Waals surface area (Å²) in [5.41, 5.74) is 1.49. The normalized spacial score (nSPS) is 10.7. The van der Waals surface area contributed by atoms with E-state index in [0.717, 1.165) is 4.70 Å². The number of rotatable bonds is 4. The molecule has 0 radical (unpaired) electrons. The molecule has 0 unspecified atom stereocenters. The molecule has 0 fully saturated rings. The van der Waals surface area contributed by atoms with Gasteiger partial charge in [-0.25, -0.2) is 0 Å². The Bertz CT molecular complexity index is 1250. The number of hydrogen-bond donors (Lipinski definition) is 1. The number of hydrogen-bond acceptors (Lipinski definition) is 4. The molecule has 4 rings (SSSR count). The molecule has 1 aromatic heterocycles. The lowest BCUT2D eigenvalue weighted by atomic mass is 10.1. The minimum absolute atomic E-state index is 0.133. The molecule has 3 aromatic carbocycles. The first-order chi connectivity index (χ1) is 14.1. The average Bonchev–Trinajstić information content (AvgIpc) is 2.75. The minimum atomic E-state index is -0.297. The van der Waals surface area contributed by atoms with Gasteiger partial charge in [-0.1, -0.05) is 35.9 Å². The molecule has 1 amide bonds. The molecule has 0 atom stereocenters. The smallest absolute Gasteiger partial charge is 0.256 e. The minimum Gasteiger partial charge on any atom is -0.497 e. The van der Waals surface area contributed by atoms with Gasteiger partial charge in [-0.2, -0.15) is 0 Å². The number of halogens is 1. The van der Waals surface area contributed by atoms with Crippen LogP contribution in [0.5, 0.6) is 5.75 Å². The van der Waals surface area contributed by atoms with Crippen molar-refractivity contribution >= 4 is 43.9 Å². The Kier molecular flexibility index (Phi) is 5.34. The van der Waals surface area contributed by atoms with E-state index >= 15 is 0 Å². The van der Waals surface area contributed by atoms with Gasteiger partial charge in [-0.05, 0) is 54.1 Å². The zero-order valence-electron chi connectivity index (χ0n) is 15.4. The second-order valence-corrected chi connectivity index (χ2v) is 7.81. The molecule has 0 saturated carbocycles. The summed E-state index contributed by atoms with van der Waals surface area (Å²) in [6.07, 6.45) is 0. The van der Waals surface area contributed by atoms with Crippen LogP contribution in [0.15, 0.2) is 77.6 Å². The fourth-order valence-corrected chi connectivity index (χ4v) is 4.25. The van der Waals surface area contributed by atoms with Gasteiger partial charge in [0.05, 0.1) is 12.7 Å². The lowest BCUT2D eigenvalue weighted by Gasteiger charge is -2.12. The molecule has 0 spiro atoms. The molecular formula is C23H16ClNO3S. The number of fused-ring (bicyclic) bond motifs is 1. The molecule has 0 aliphatic carbocycles. The summed E-state index contributed by atoms with van der Waals surface area (Å²) in [4.78, 5) is 26.1. The first-order valence-corrected chi connectivity index (χ1v) is 10.0. The quantitative estimate of drug-likeness (QED) is 0.450. The molecule has 4 nitrogen and oxygen atoms in total. The van der Waals surface area contributed by atoms with Crippen molar-refractivity contribution in [2.75, 3.05) is 12.4 Å². The van der Waals surface area contributed by atoms with Crippen LogP contribution in [0.25, 0.3) is 21.2 Å². The number of ether oxygens (including phenoxy) is 1. The van der Waals surface area contributed by atoms with Crippen LogP contribution in [0.2, 0.25) is 5.02 Å². The summed E-state index contributed by atoms with van der Waals surface area (Å²) in [7, 11) is 1.57. The van der Waals surface area contributed by atoms with Crippen molar-refractivity contribution < 1.29 is 9.53 Å². The Morgan fingerprint density at radius 2 is 1.66 bits per heavy atom. The van der Waals surface area contributed by atoms with Crippen molar-refractivity contribution in [3.8, 4) is 16.9 Å². The molecule has 0 aliphatic heterocycles. The van der Waals surface area contributed by atoms with Crippen LogP contribution in [0.3, 0.4) is 0 Å². The van der Waals surface area contributed by atoms with Crippen LogP contribution in [-0.4, -0.2) is 13.0 Å². The highest BCUT2D eigenvalue weighted by Gasteiger charge is 2.17. The molecule has 0 saturated heterocycles. The lowest BCUT2D eigenvalue weighted by molar-refractivity contribution is 0.102. The number of nitrogens with one attached hydrogen (secondary N) is 1. The fraction of sp³-hybridized carbons (Fsp3) is 0.0435. The molecule has 29 heavy (non-hydrogen) atoms. The zero-order valence-corrected chi connectivity index (χ0v) is 17.0. The first kappa shape index (κ1) is 19.2. The maximum atomic E-state index is 13.2. The third-order valence-electron chi connectivity index (χ3n) is 4.51. The average molecular weight is 422 g/mol. The zero-order chi connectivity index (χ0) is 20.4. The summed E-state index contributed by atoms with van der Waals surface area (Å²) in [6, 6.07) is 21.2. The van der Waals surface area contributed by atoms with Crippen molar-refractivity contribution in [1.82, 2.24) is 0 Å². The molecule has 1 heterocycles. The lowest BCUT2D eigenvalue weighted by Crippen LogP contribution is -2.15. The van der Waals surface area contributed by atoms with Crippen LogP contribution >= 0.6 is 22.9 Å². The highest BCUT2D eigenvalue weighted by Crippen LogP contribution is 2.34. The summed E-state index contributed by atoms with van der Waals surface area (Å²) in [5, 5.41) is 4.61. The molecular weight excluding hydrogens is 406 g/mol. The number of carbonyl (C=O) groups is 1. The predicted octanol–water partition coefficient (Wildman–Crippen LogP) is 5.84. The van der Waals surface area contributed by atoms with Crippen molar-refractivity contribution in [2.24, 2.45) is 0 Å². The maximum Gasteiger partial charge on any atom is 0.256 e. The summed E-state index contributed by atoms with van der Waals surface area (Å²) >= 11 is 7.38. The number of methoxy groups -OCH3 is 1. The highest BCUT2D eigenvalue weighted by molar-refractivity contribution is 7.22. The van der Waals surface area contributed by atoms with Gasteiger partial charge in [0.2, 0.25) is 0 Å². The van der Waals surface area contributed by atoms with Crippen molar-refractivity contribution in [1.29, 1.82) is 0 Å². The van der Waals surface area contributed by atoms with E-state index in [1.165, 1.54) is 11.3 Å². The van der Waals surface area contributed by atoms with Gasteiger partial charge in [-0.3, -0.25) is 9.59 Å². The van der Waals surface area contributed by atoms with Gasteiger partial charge in [0.25, 0.3) is 5.91 Å². The van der Waals surface area contributed by atoms with Crippen LogP contribution in [-0.2, 0) is 0 Å². The van der Waals surface area contributed by atoms with Crippen molar-refractivity contribution in [2.45, 2.75) is 0 Å². The Morgan fingerprint density at radius 1 is 0.966 bits per heavy atom. The second kappa shape index (κ2) is 8.07. The Hall–Kier alpha value is -3.15. The number of carbonyl (C=O) groups excluding carboxylic acids is 1. The highest BCUT2D eigenvalue weighted by atomic mass is 35.5. The number of amides is 1. The van der Waals surface area contributed by atoms with E-state index in [2.05, 4.69) is 5.32 Å². The van der Waals surface area contributed by atoms with Crippen LogP contribution in [0.1, 0.15) is 10.4 Å². The van der Waals surface area contributed by atoms with Gasteiger partial charge in [0.15, 0.2) is 5.43 Å². The van der Waals surface area contributed by atoms with E-state index in [1.807, 2.05) is 18.2 Å². The Labute approximate surface area is 176 Å². The molecule has 144 valence electrons. The van der Waals surface area contributed by atoms with Crippen molar-refractivity contribution in [3.05, 3.63) is 93.6 Å². The third-order valence-corrected chi connectivity index (χ3v) is 5.85. The molecule has 0 bridgehead atoms. The summed E-state index contributed by atoms with van der Waals surface area (Å²) in [6.45, 7) is 0. The molecule has 4 aromatic rings. The number of anilines is 1. The number of benzene rings is 3. The van der Waals surface area contributed by atoms with Crippen LogP contribution in [0.4, 0.5) is 5.00 Å². The molecule has 0 aliphatic rings. The van der Waals surface area contributed by atoms with Crippen LogP contribution in [0, 0.1) is 0 Å². The van der Waals surface area contributed by atoms with Crippen LogP contribution < -0.4 is 15.5 Å². The van der Waals surface area contributed by atoms with Gasteiger partial charge >= 0.3 is 0 Å². The SMILES string of the molecule is COc1ccc(C(=O)Nc2sc3ccccc3c(=O)c2-c2ccc(Cl)cc2)cc1. The monoisotopic (exact) mass is 421 g/mol. The van der Waals surface area contributed by atoms with E-state index in [1.54, 1.807) is 61.7 Å². The second-order valence-electron chi connectivity index (χ2n) is 6.32. The topological polar surface area (TPSA) is 55.4 Å². The Morgan fingerprint density at radius 3 is 2.34 bits per heavy atom. The maximum absolute atomic E-state index is 13.2. The van der Waals surface area contributed by atoms with E-state index < -0.39 is 0 Å². The van der Waals surface area contributed by atoms with E-state index in [9.17, 15) is 9.59 Å². The molecule has 1 N–H and O–H groups in total. The van der Waals surface area contributed by atoms with E-state index in [4.69, 9.17) is 16.3 Å². The molecule has 6 heteroatoms. The summed E-state index contributed by atoms with van der Waals surface area (Å²) in [5.74, 6) is 0.368. The van der Waals surface area contributed by atoms with Gasteiger partial charge in [0.1, 0.15) is 10.8 Å². The van der Waals surface area contributed by atoms with Gasteiger partial charge in [-0.15, -0.1) is 11.3 Å². The van der Waals surface area contributed by atoms with E-state index in [0.29, 0.717) is 37.8 Å². The first-order valence-electron chi connectivity index (χ1n) is 8.84. The standard InChI is InChI=1S/C23H16ClNO3S/c1-28-17-12-8-15(9-13-17)22(27)25-23-20(14-6-10-16(24)11-7-14)21(26)18-4-2-3-5-19(18)29-23/h2-13H,1H3,(H,25,27). The predicted molar refractivity (Wildman–Crippen MR) is 119 cm³/mol. The van der Waals surface area contributed by atoms with Gasteiger partial charge in [0, 0.05) is 20.7 Å². The van der Waals surface area contributed by atoms with Crippen molar-refractivity contribution in [3.63, 3.8) is 0 Å². The van der Waals surface area contributed by atoms with Gasteiger partial charge < -0.3 is 10.1 Å². The largest absolute Gasteiger partial charge is 0.497 e.